The average molecular weight is 379 g/mol. The highest BCUT2D eigenvalue weighted by molar-refractivity contribution is 7.91. The van der Waals surface area contributed by atoms with Crippen LogP contribution in [0.5, 0.6) is 5.88 Å². The summed E-state index contributed by atoms with van der Waals surface area (Å²) in [5.41, 5.74) is 2.23. The van der Waals surface area contributed by atoms with Crippen LogP contribution in [0.15, 0.2) is 16.5 Å². The fourth-order valence-electron chi connectivity index (χ4n) is 3.53. The number of carboxylic acid groups (broad SMARTS) is 1. The Kier molecular flexibility index (Phi) is 4.92. The second-order valence-electron chi connectivity index (χ2n) is 7.89. The van der Waals surface area contributed by atoms with Gasteiger partial charge in [-0.1, -0.05) is 10.5 Å². The van der Waals surface area contributed by atoms with Crippen LogP contribution in [-0.4, -0.2) is 56.3 Å². The van der Waals surface area contributed by atoms with Crippen molar-refractivity contribution in [1.82, 2.24) is 9.88 Å². The lowest BCUT2D eigenvalue weighted by molar-refractivity contribution is 0.115. The van der Waals surface area contributed by atoms with Gasteiger partial charge in [0.15, 0.2) is 0 Å². The molecule has 1 aromatic heterocycles. The predicted octanol–water partition coefficient (Wildman–Crippen LogP) is 2.66. The molecule has 1 fully saturated rings. The lowest BCUT2D eigenvalue weighted by Crippen LogP contribution is -2.46. The predicted molar refractivity (Wildman–Crippen MR) is 100 cm³/mol. The number of hydrogen-bond acceptors (Lipinski definition) is 5. The van der Waals surface area contributed by atoms with Gasteiger partial charge in [0.25, 0.3) is 0 Å². The van der Waals surface area contributed by atoms with Crippen LogP contribution >= 0.6 is 0 Å². The summed E-state index contributed by atoms with van der Waals surface area (Å²) >= 11 is -1.41. The topological polar surface area (TPSA) is 98.1 Å². The van der Waals surface area contributed by atoms with Crippen molar-refractivity contribution >= 4 is 23.2 Å². The molecule has 0 saturated carbocycles. The summed E-state index contributed by atoms with van der Waals surface area (Å²) in [7, 11) is 1.56. The van der Waals surface area contributed by atoms with E-state index in [-0.39, 0.29) is 5.41 Å². The minimum absolute atomic E-state index is 0.311. The molecule has 2 aliphatic rings. The third kappa shape index (κ3) is 3.40. The number of carbonyl (C=O) groups is 1. The van der Waals surface area contributed by atoms with Crippen LogP contribution in [0.25, 0.3) is 0 Å². The molecule has 1 amide bonds. The van der Waals surface area contributed by atoms with Crippen LogP contribution in [0.3, 0.4) is 0 Å². The molecule has 1 atom stereocenters. The Morgan fingerprint density at radius 2 is 2.04 bits per heavy atom. The number of likely N-dealkylation sites (tertiary alicyclic amines) is 1. The molecule has 1 spiro atoms. The van der Waals surface area contributed by atoms with Gasteiger partial charge in [-0.25, -0.2) is 9.78 Å². The third-order valence-corrected chi connectivity index (χ3v) is 6.50. The molecule has 0 unspecified atom stereocenters. The first kappa shape index (κ1) is 19.0. The van der Waals surface area contributed by atoms with Crippen LogP contribution in [-0.2, 0) is 17.8 Å². The van der Waals surface area contributed by atoms with E-state index in [1.54, 1.807) is 7.11 Å². The summed E-state index contributed by atoms with van der Waals surface area (Å²) < 4.78 is 22.1. The lowest BCUT2D eigenvalue weighted by atomic mass is 9.75. The number of hydrogen-bond donors (Lipinski definition) is 1. The molecule has 1 aliphatic heterocycles. The summed E-state index contributed by atoms with van der Waals surface area (Å²) in [6.45, 7) is 6.56. The molecule has 0 aromatic carbocycles. The zero-order valence-corrected chi connectivity index (χ0v) is 16.4. The van der Waals surface area contributed by atoms with Crippen LogP contribution in [0.2, 0.25) is 0 Å². The van der Waals surface area contributed by atoms with E-state index in [1.165, 1.54) is 4.90 Å². The van der Waals surface area contributed by atoms with Crippen molar-refractivity contribution in [3.05, 3.63) is 23.4 Å². The third-order valence-electron chi connectivity index (χ3n) is 5.11. The van der Waals surface area contributed by atoms with E-state index in [1.807, 2.05) is 32.9 Å². The zero-order chi connectivity index (χ0) is 19.1. The second-order valence-corrected chi connectivity index (χ2v) is 9.80. The Labute approximate surface area is 156 Å². The molecule has 0 bridgehead atoms. The SMILES string of the molecule is COc1ccc2c(n1)/C(=N\[S@+]([O-])C(C)(C)C)C1(CCN(C(=O)O)CC1)C2. The summed E-state index contributed by atoms with van der Waals surface area (Å²) in [6.07, 6.45) is 1.15. The summed E-state index contributed by atoms with van der Waals surface area (Å²) in [6, 6.07) is 3.80. The smallest absolute Gasteiger partial charge is 0.407 e. The zero-order valence-electron chi connectivity index (χ0n) is 15.6. The van der Waals surface area contributed by atoms with Crippen molar-refractivity contribution in [2.75, 3.05) is 20.2 Å². The maximum Gasteiger partial charge on any atom is 0.407 e. The summed E-state index contributed by atoms with van der Waals surface area (Å²) in [4.78, 5) is 17.3. The van der Waals surface area contributed by atoms with Crippen LogP contribution in [0.4, 0.5) is 4.79 Å². The Balaban J connectivity index is 2.02. The highest BCUT2D eigenvalue weighted by Gasteiger charge is 2.49. The molecular weight excluding hydrogens is 354 g/mol. The van der Waals surface area contributed by atoms with E-state index >= 15 is 0 Å². The van der Waals surface area contributed by atoms with Crippen LogP contribution in [0, 0.1) is 5.41 Å². The van der Waals surface area contributed by atoms with E-state index in [0.717, 1.165) is 23.4 Å². The molecular formula is C18H25N3O4S. The number of nitrogens with zero attached hydrogens (tertiary/aromatic N) is 3. The van der Waals surface area contributed by atoms with Crippen LogP contribution < -0.4 is 4.74 Å². The summed E-state index contributed by atoms with van der Waals surface area (Å²) in [5.74, 6) is 0.498. The van der Waals surface area contributed by atoms with Gasteiger partial charge in [-0.15, -0.1) is 0 Å². The fraction of sp³-hybridized carbons (Fsp3) is 0.611. The van der Waals surface area contributed by atoms with Gasteiger partial charge in [-0.05, 0) is 45.6 Å². The average Bonchev–Trinajstić information content (AvgIpc) is 2.87. The maximum absolute atomic E-state index is 12.7. The van der Waals surface area contributed by atoms with Gasteiger partial charge >= 0.3 is 6.09 Å². The minimum atomic E-state index is -1.41. The van der Waals surface area contributed by atoms with Gasteiger partial charge in [0, 0.05) is 24.6 Å². The number of ether oxygens (including phenoxy) is 1. The van der Waals surface area contributed by atoms with Crippen molar-refractivity contribution in [2.45, 2.75) is 44.8 Å². The van der Waals surface area contributed by atoms with Gasteiger partial charge < -0.3 is 19.3 Å². The maximum atomic E-state index is 12.7. The number of aromatic nitrogens is 1. The molecule has 142 valence electrons. The molecule has 26 heavy (non-hydrogen) atoms. The monoisotopic (exact) mass is 379 g/mol. The normalized spacial score (nSPS) is 21.7. The standard InChI is InChI=1S/C18H25N3O4S/c1-17(2,3)26(24)20-15-14-12(5-6-13(19-14)25-4)11-18(15)7-9-21(10-8-18)16(22)23/h5-6H,7-11H2,1-4H3,(H,22,23)/b20-15+/t26-/m1/s1. The Morgan fingerprint density at radius 1 is 1.38 bits per heavy atom. The van der Waals surface area contributed by atoms with Gasteiger partial charge in [-0.3, -0.25) is 0 Å². The van der Waals surface area contributed by atoms with Gasteiger partial charge in [0.1, 0.15) is 21.8 Å². The van der Waals surface area contributed by atoms with E-state index in [9.17, 15) is 14.5 Å². The molecule has 1 aromatic rings. The Morgan fingerprint density at radius 3 is 2.58 bits per heavy atom. The minimum Gasteiger partial charge on any atom is -0.591 e. The molecule has 7 nitrogen and oxygen atoms in total. The van der Waals surface area contributed by atoms with E-state index in [2.05, 4.69) is 9.38 Å². The largest absolute Gasteiger partial charge is 0.591 e. The first-order valence-electron chi connectivity index (χ1n) is 8.70. The highest BCUT2D eigenvalue weighted by Crippen LogP contribution is 2.45. The van der Waals surface area contributed by atoms with Crippen molar-refractivity contribution in [1.29, 1.82) is 0 Å². The van der Waals surface area contributed by atoms with Crippen LogP contribution in [0.1, 0.15) is 44.9 Å². The summed E-state index contributed by atoms with van der Waals surface area (Å²) in [5, 5.41) is 9.25. The first-order chi connectivity index (χ1) is 12.2. The van der Waals surface area contributed by atoms with E-state index in [4.69, 9.17) is 4.74 Å². The Bertz CT molecular complexity index is 736. The molecule has 2 heterocycles. The molecule has 1 aliphatic carbocycles. The van der Waals surface area contributed by atoms with Gasteiger partial charge in [0.05, 0.1) is 12.8 Å². The quantitative estimate of drug-likeness (QED) is 0.797. The van der Waals surface area contributed by atoms with E-state index in [0.29, 0.717) is 31.8 Å². The molecule has 1 saturated heterocycles. The number of piperidine rings is 1. The number of methoxy groups -OCH3 is 1. The van der Waals surface area contributed by atoms with E-state index < -0.39 is 22.2 Å². The van der Waals surface area contributed by atoms with Crippen molar-refractivity contribution in [2.24, 2.45) is 9.81 Å². The van der Waals surface area contributed by atoms with Crippen molar-refractivity contribution in [3.63, 3.8) is 0 Å². The second kappa shape index (κ2) is 6.74. The molecule has 8 heteroatoms. The number of amides is 1. The van der Waals surface area contributed by atoms with Gasteiger partial charge in [-0.2, -0.15) is 0 Å². The van der Waals surface area contributed by atoms with Crippen molar-refractivity contribution < 1.29 is 19.2 Å². The fourth-order valence-corrected chi connectivity index (χ4v) is 4.25. The highest BCUT2D eigenvalue weighted by atomic mass is 32.2. The van der Waals surface area contributed by atoms with Gasteiger partial charge in [0.2, 0.25) is 5.88 Å². The molecule has 0 radical (unpaired) electrons. The molecule has 3 rings (SSSR count). The van der Waals surface area contributed by atoms with Crippen molar-refractivity contribution in [3.8, 4) is 5.88 Å². The lowest BCUT2D eigenvalue weighted by Gasteiger charge is -2.38. The number of fused-ring (bicyclic) bond motifs is 1. The number of rotatable bonds is 2. The number of pyridine rings is 1. The Hall–Kier alpha value is -1.80. The molecule has 1 N–H and O–H groups in total. The first-order valence-corrected chi connectivity index (χ1v) is 9.80.